The molecule has 1 amide bonds. The summed E-state index contributed by atoms with van der Waals surface area (Å²) in [6, 6.07) is 5.18. The Hall–Kier alpha value is -2.29. The number of hydrogen-bond donors (Lipinski definition) is 2. The van der Waals surface area contributed by atoms with Crippen molar-refractivity contribution in [3.05, 3.63) is 47.5 Å². The molecule has 6 heteroatoms. The van der Waals surface area contributed by atoms with Gasteiger partial charge in [-0.2, -0.15) is 0 Å². The molecule has 1 heterocycles. The van der Waals surface area contributed by atoms with Gasteiger partial charge in [-0.1, -0.05) is 23.4 Å². The fourth-order valence-electron chi connectivity index (χ4n) is 1.72. The maximum Gasteiger partial charge on any atom is 0.226 e. The first-order valence-electron chi connectivity index (χ1n) is 6.43. The molecule has 5 nitrogen and oxygen atoms in total. The number of nitrogens with two attached hydrogens (primary N) is 1. The van der Waals surface area contributed by atoms with Crippen molar-refractivity contribution in [2.24, 2.45) is 5.73 Å². The molecule has 2 aromatic rings. The molecule has 1 aromatic heterocycles. The van der Waals surface area contributed by atoms with Crippen LogP contribution in [0.2, 0.25) is 5.02 Å². The first-order valence-corrected chi connectivity index (χ1v) is 6.81. The van der Waals surface area contributed by atoms with Crippen molar-refractivity contribution in [3.63, 3.8) is 0 Å². The molecule has 0 fully saturated rings. The van der Waals surface area contributed by atoms with Crippen LogP contribution in [0.5, 0.6) is 0 Å². The number of aromatic nitrogens is 2. The van der Waals surface area contributed by atoms with E-state index in [1.165, 1.54) is 0 Å². The van der Waals surface area contributed by atoms with Crippen molar-refractivity contribution in [1.82, 2.24) is 9.55 Å². The molecule has 1 aromatic carbocycles. The minimum Gasteiger partial charge on any atom is -0.337 e. The van der Waals surface area contributed by atoms with E-state index >= 15 is 0 Å². The second-order valence-corrected chi connectivity index (χ2v) is 4.71. The van der Waals surface area contributed by atoms with Gasteiger partial charge in [-0.25, -0.2) is 4.98 Å². The van der Waals surface area contributed by atoms with E-state index in [1.54, 1.807) is 30.7 Å². The molecule has 21 heavy (non-hydrogen) atoms. The number of hydrogen-bond acceptors (Lipinski definition) is 3. The quantitative estimate of drug-likeness (QED) is 0.847. The molecule has 0 bridgehead atoms. The summed E-state index contributed by atoms with van der Waals surface area (Å²) in [6.45, 7) is 0.844. The van der Waals surface area contributed by atoms with Gasteiger partial charge < -0.3 is 15.6 Å². The third-order valence-electron chi connectivity index (χ3n) is 2.73. The molecule has 0 aliphatic rings. The van der Waals surface area contributed by atoms with Crippen LogP contribution in [0.4, 0.5) is 5.69 Å². The maximum atomic E-state index is 11.9. The van der Waals surface area contributed by atoms with E-state index in [4.69, 9.17) is 17.3 Å². The summed E-state index contributed by atoms with van der Waals surface area (Å²) in [5.74, 6) is 5.53. The van der Waals surface area contributed by atoms with Crippen molar-refractivity contribution < 1.29 is 4.79 Å². The Labute approximate surface area is 128 Å². The van der Waals surface area contributed by atoms with Crippen LogP contribution in [0.25, 0.3) is 0 Å². The highest BCUT2D eigenvalue weighted by molar-refractivity contribution is 6.31. The lowest BCUT2D eigenvalue weighted by atomic mass is 10.2. The Balaban J connectivity index is 1.97. The predicted octanol–water partition coefficient (Wildman–Crippen LogP) is 1.88. The number of aryl methyl sites for hydroxylation is 1. The maximum absolute atomic E-state index is 11.9. The smallest absolute Gasteiger partial charge is 0.226 e. The predicted molar refractivity (Wildman–Crippen MR) is 82.9 cm³/mol. The van der Waals surface area contributed by atoms with Gasteiger partial charge in [-0.05, 0) is 18.2 Å². The number of amides is 1. The van der Waals surface area contributed by atoms with Gasteiger partial charge in [0.05, 0.1) is 17.9 Å². The standard InChI is InChI=1S/C15H15ClN4O/c16-14-4-3-13(10-12(14)2-1-6-17)19-15(21)5-8-20-9-7-18-11-20/h3-4,7,9-11H,5-6,8,17H2,(H,19,21). The number of anilines is 1. The molecule has 108 valence electrons. The van der Waals surface area contributed by atoms with Crippen molar-refractivity contribution in [2.45, 2.75) is 13.0 Å². The second-order valence-electron chi connectivity index (χ2n) is 4.30. The highest BCUT2D eigenvalue weighted by atomic mass is 35.5. The molecule has 2 rings (SSSR count). The van der Waals surface area contributed by atoms with E-state index in [2.05, 4.69) is 22.1 Å². The van der Waals surface area contributed by atoms with Gasteiger partial charge in [0.2, 0.25) is 5.91 Å². The average molecular weight is 303 g/mol. The van der Waals surface area contributed by atoms with Crippen LogP contribution in [0, 0.1) is 11.8 Å². The summed E-state index contributed by atoms with van der Waals surface area (Å²) in [7, 11) is 0. The number of nitrogens with zero attached hydrogens (tertiary/aromatic N) is 2. The van der Waals surface area contributed by atoms with Gasteiger partial charge >= 0.3 is 0 Å². The number of carbonyl (C=O) groups is 1. The Kier molecular flexibility index (Phi) is 5.38. The van der Waals surface area contributed by atoms with Gasteiger partial charge in [0.1, 0.15) is 0 Å². The third kappa shape index (κ3) is 4.63. The Morgan fingerprint density at radius 3 is 3.05 bits per heavy atom. The van der Waals surface area contributed by atoms with Gasteiger partial charge in [0, 0.05) is 36.6 Å². The Morgan fingerprint density at radius 1 is 1.48 bits per heavy atom. The number of imidazole rings is 1. The van der Waals surface area contributed by atoms with E-state index in [9.17, 15) is 4.79 Å². The first kappa shape index (κ1) is 15.1. The average Bonchev–Trinajstić information content (AvgIpc) is 2.99. The van der Waals surface area contributed by atoms with E-state index in [1.807, 2.05) is 10.8 Å². The van der Waals surface area contributed by atoms with Gasteiger partial charge in [-0.15, -0.1) is 0 Å². The molecule has 0 spiro atoms. The molecule has 0 saturated carbocycles. The number of halogens is 1. The summed E-state index contributed by atoms with van der Waals surface area (Å²) in [4.78, 5) is 15.8. The summed E-state index contributed by atoms with van der Waals surface area (Å²) in [5, 5.41) is 3.35. The van der Waals surface area contributed by atoms with Gasteiger partial charge in [0.25, 0.3) is 0 Å². The van der Waals surface area contributed by atoms with E-state index < -0.39 is 0 Å². The summed E-state index contributed by atoms with van der Waals surface area (Å²) in [6.07, 6.45) is 5.54. The highest BCUT2D eigenvalue weighted by Crippen LogP contribution is 2.19. The summed E-state index contributed by atoms with van der Waals surface area (Å²) >= 11 is 6.03. The van der Waals surface area contributed by atoms with Crippen LogP contribution in [0.3, 0.4) is 0 Å². The van der Waals surface area contributed by atoms with Crippen LogP contribution in [-0.4, -0.2) is 22.0 Å². The van der Waals surface area contributed by atoms with Gasteiger partial charge in [-0.3, -0.25) is 4.79 Å². The molecule has 0 aliphatic heterocycles. The zero-order chi connectivity index (χ0) is 15.1. The SMILES string of the molecule is NCC#Cc1cc(NC(=O)CCn2ccnc2)ccc1Cl. The van der Waals surface area contributed by atoms with E-state index in [0.717, 1.165) is 0 Å². The first-order chi connectivity index (χ1) is 10.2. The molecule has 0 saturated heterocycles. The van der Waals surface area contributed by atoms with Crippen LogP contribution < -0.4 is 11.1 Å². The summed E-state index contributed by atoms with van der Waals surface area (Å²) < 4.78 is 1.85. The van der Waals surface area contributed by atoms with Crippen LogP contribution >= 0.6 is 11.6 Å². The largest absolute Gasteiger partial charge is 0.337 e. The third-order valence-corrected chi connectivity index (χ3v) is 3.06. The second kappa shape index (κ2) is 7.48. The minimum absolute atomic E-state index is 0.0799. The fraction of sp³-hybridized carbons (Fsp3) is 0.200. The van der Waals surface area contributed by atoms with Crippen molar-refractivity contribution >= 4 is 23.2 Å². The molecule has 0 radical (unpaired) electrons. The molecule has 0 atom stereocenters. The zero-order valence-corrected chi connectivity index (χ0v) is 12.1. The van der Waals surface area contributed by atoms with Gasteiger partial charge in [0.15, 0.2) is 0 Å². The number of benzene rings is 1. The zero-order valence-electron chi connectivity index (χ0n) is 11.3. The normalized spacial score (nSPS) is 9.81. The Bertz CT molecular complexity index is 671. The van der Waals surface area contributed by atoms with Crippen molar-refractivity contribution in [3.8, 4) is 11.8 Å². The van der Waals surface area contributed by atoms with Crippen molar-refractivity contribution in [1.29, 1.82) is 0 Å². The molecular weight excluding hydrogens is 288 g/mol. The van der Waals surface area contributed by atoms with Crippen LogP contribution in [-0.2, 0) is 11.3 Å². The molecule has 0 unspecified atom stereocenters. The number of carbonyl (C=O) groups excluding carboxylic acids is 1. The van der Waals surface area contributed by atoms with E-state index in [-0.39, 0.29) is 12.5 Å². The fourth-order valence-corrected chi connectivity index (χ4v) is 1.88. The lowest BCUT2D eigenvalue weighted by Crippen LogP contribution is -2.14. The van der Waals surface area contributed by atoms with Crippen molar-refractivity contribution in [2.75, 3.05) is 11.9 Å². The lowest BCUT2D eigenvalue weighted by Gasteiger charge is -2.07. The lowest BCUT2D eigenvalue weighted by molar-refractivity contribution is -0.116. The van der Waals surface area contributed by atoms with E-state index in [0.29, 0.717) is 29.2 Å². The molecular formula is C15H15ClN4O. The summed E-state index contributed by atoms with van der Waals surface area (Å²) in [5.41, 5.74) is 6.65. The van der Waals surface area contributed by atoms with Crippen LogP contribution in [0.15, 0.2) is 36.9 Å². The molecule has 3 N–H and O–H groups in total. The monoisotopic (exact) mass is 302 g/mol. The number of rotatable bonds is 4. The molecule has 0 aliphatic carbocycles. The highest BCUT2D eigenvalue weighted by Gasteiger charge is 2.05. The topological polar surface area (TPSA) is 72.9 Å². The Morgan fingerprint density at radius 2 is 2.33 bits per heavy atom. The number of nitrogens with one attached hydrogen (secondary N) is 1. The van der Waals surface area contributed by atoms with Crippen LogP contribution in [0.1, 0.15) is 12.0 Å². The minimum atomic E-state index is -0.0799.